The number of fused-ring (bicyclic) bond motifs is 1. The van der Waals surface area contributed by atoms with Gasteiger partial charge in [0.05, 0.1) is 24.7 Å². The van der Waals surface area contributed by atoms with Crippen molar-refractivity contribution < 1.29 is 13.9 Å². The van der Waals surface area contributed by atoms with E-state index >= 15 is 0 Å². The van der Waals surface area contributed by atoms with Crippen LogP contribution in [0.25, 0.3) is 11.0 Å². The number of rotatable bonds is 6. The molecule has 6 heteroatoms. The smallest absolute Gasteiger partial charge is 0.327 e. The second kappa shape index (κ2) is 7.44. The molecule has 25 heavy (non-hydrogen) atoms. The van der Waals surface area contributed by atoms with Crippen molar-refractivity contribution in [1.29, 1.82) is 0 Å². The van der Waals surface area contributed by atoms with E-state index in [2.05, 4.69) is 10.3 Å². The zero-order valence-corrected chi connectivity index (χ0v) is 14.2. The molecule has 1 heterocycles. The molecule has 2 aromatic carbocycles. The van der Waals surface area contributed by atoms with E-state index in [1.165, 1.54) is 19.2 Å². The molecule has 0 aliphatic heterocycles. The highest BCUT2D eigenvalue weighted by Crippen LogP contribution is 2.19. The molecule has 3 aromatic rings. The van der Waals surface area contributed by atoms with Crippen LogP contribution in [-0.2, 0) is 22.6 Å². The molecule has 1 atom stereocenters. The lowest BCUT2D eigenvalue weighted by Gasteiger charge is -2.17. The Morgan fingerprint density at radius 1 is 1.28 bits per heavy atom. The van der Waals surface area contributed by atoms with Gasteiger partial charge in [-0.15, -0.1) is 0 Å². The number of carbonyl (C=O) groups excluding carboxylic acids is 1. The molecule has 0 amide bonds. The number of hydrogen-bond donors (Lipinski definition) is 1. The molecular weight excluding hydrogens is 321 g/mol. The summed E-state index contributed by atoms with van der Waals surface area (Å²) in [5.41, 5.74) is 2.29. The molecular formula is C19H20FN3O2. The molecule has 0 saturated carbocycles. The summed E-state index contributed by atoms with van der Waals surface area (Å²) < 4.78 is 20.4. The predicted molar refractivity (Wildman–Crippen MR) is 93.4 cm³/mol. The van der Waals surface area contributed by atoms with E-state index in [0.717, 1.165) is 16.9 Å². The van der Waals surface area contributed by atoms with E-state index in [-0.39, 0.29) is 11.8 Å². The van der Waals surface area contributed by atoms with Gasteiger partial charge in [0.2, 0.25) is 0 Å². The lowest BCUT2D eigenvalue weighted by atomic mass is 10.1. The van der Waals surface area contributed by atoms with Gasteiger partial charge in [0, 0.05) is 12.6 Å². The number of hydrogen-bond acceptors (Lipinski definition) is 4. The standard InChI is InChI=1S/C19H20FN3O2/c1-3-23-16-10-9-14(20)11-15(16)22-17(23)12-21-18(19(24)25-2)13-7-5-4-6-8-13/h4-11,18,21H,3,12H2,1-2H3/t18-/m1/s1. The molecule has 0 unspecified atom stereocenters. The normalized spacial score (nSPS) is 12.3. The number of aromatic nitrogens is 2. The number of esters is 1. The first-order valence-electron chi connectivity index (χ1n) is 8.15. The second-order valence-corrected chi connectivity index (χ2v) is 5.65. The second-order valence-electron chi connectivity index (χ2n) is 5.65. The Morgan fingerprint density at radius 2 is 2.04 bits per heavy atom. The maximum absolute atomic E-state index is 13.4. The molecule has 0 aliphatic carbocycles. The van der Waals surface area contributed by atoms with Crippen molar-refractivity contribution in [2.75, 3.05) is 7.11 Å². The molecule has 1 aromatic heterocycles. The van der Waals surface area contributed by atoms with Crippen LogP contribution >= 0.6 is 0 Å². The van der Waals surface area contributed by atoms with Gasteiger partial charge in [-0.25, -0.2) is 14.2 Å². The van der Waals surface area contributed by atoms with Crippen LogP contribution in [0, 0.1) is 5.82 Å². The first kappa shape index (κ1) is 17.1. The van der Waals surface area contributed by atoms with Gasteiger partial charge < -0.3 is 9.30 Å². The molecule has 5 nitrogen and oxygen atoms in total. The minimum atomic E-state index is -0.590. The number of imidazole rings is 1. The Hall–Kier alpha value is -2.73. The van der Waals surface area contributed by atoms with Crippen molar-refractivity contribution in [3.05, 3.63) is 65.7 Å². The number of halogens is 1. The van der Waals surface area contributed by atoms with Crippen LogP contribution < -0.4 is 5.32 Å². The molecule has 1 N–H and O–H groups in total. The number of benzene rings is 2. The summed E-state index contributed by atoms with van der Waals surface area (Å²) in [5.74, 6) is 0.0637. The highest BCUT2D eigenvalue weighted by Gasteiger charge is 2.21. The number of carbonyl (C=O) groups is 1. The lowest BCUT2D eigenvalue weighted by Crippen LogP contribution is -2.30. The number of nitrogens with zero attached hydrogens (tertiary/aromatic N) is 2. The summed E-state index contributed by atoms with van der Waals surface area (Å²) in [6, 6.07) is 13.3. The fourth-order valence-corrected chi connectivity index (χ4v) is 2.93. The van der Waals surface area contributed by atoms with Crippen molar-refractivity contribution in [2.24, 2.45) is 0 Å². The largest absolute Gasteiger partial charge is 0.468 e. The van der Waals surface area contributed by atoms with Crippen LogP contribution in [0.3, 0.4) is 0 Å². The van der Waals surface area contributed by atoms with Gasteiger partial charge in [-0.1, -0.05) is 30.3 Å². The first-order valence-corrected chi connectivity index (χ1v) is 8.15. The Morgan fingerprint density at radius 3 is 2.72 bits per heavy atom. The molecule has 0 aliphatic rings. The van der Waals surface area contributed by atoms with Crippen LogP contribution in [0.15, 0.2) is 48.5 Å². The molecule has 0 saturated heterocycles. The first-order chi connectivity index (χ1) is 12.1. The van der Waals surface area contributed by atoms with Gasteiger partial charge in [0.1, 0.15) is 17.7 Å². The minimum Gasteiger partial charge on any atom is -0.468 e. The van der Waals surface area contributed by atoms with E-state index in [0.29, 0.717) is 18.6 Å². The average molecular weight is 341 g/mol. The molecule has 0 fully saturated rings. The molecule has 0 bridgehead atoms. The average Bonchev–Trinajstić information content (AvgIpc) is 2.98. The lowest BCUT2D eigenvalue weighted by molar-refractivity contribution is -0.143. The van der Waals surface area contributed by atoms with Crippen molar-refractivity contribution in [2.45, 2.75) is 26.1 Å². The maximum atomic E-state index is 13.4. The highest BCUT2D eigenvalue weighted by molar-refractivity contribution is 5.78. The molecule has 130 valence electrons. The van der Waals surface area contributed by atoms with Crippen LogP contribution in [0.2, 0.25) is 0 Å². The van der Waals surface area contributed by atoms with Crippen LogP contribution in [0.1, 0.15) is 24.4 Å². The third kappa shape index (κ3) is 3.53. The summed E-state index contributed by atoms with van der Waals surface area (Å²) in [6.45, 7) is 3.06. The van der Waals surface area contributed by atoms with Gasteiger partial charge in [0.15, 0.2) is 0 Å². The number of methoxy groups -OCH3 is 1. The van der Waals surface area contributed by atoms with Crippen molar-refractivity contribution >= 4 is 17.0 Å². The van der Waals surface area contributed by atoms with Gasteiger partial charge in [-0.05, 0) is 24.6 Å². The summed E-state index contributed by atoms with van der Waals surface area (Å²) in [7, 11) is 1.37. The third-order valence-corrected chi connectivity index (χ3v) is 4.14. The summed E-state index contributed by atoms with van der Waals surface area (Å²) in [6.07, 6.45) is 0. The number of aryl methyl sites for hydroxylation is 1. The topological polar surface area (TPSA) is 56.2 Å². The molecule has 0 spiro atoms. The predicted octanol–water partition coefficient (Wildman–Crippen LogP) is 3.20. The fraction of sp³-hybridized carbons (Fsp3) is 0.263. The van der Waals surface area contributed by atoms with Gasteiger partial charge >= 0.3 is 5.97 Å². The van der Waals surface area contributed by atoms with Gasteiger partial charge in [-0.2, -0.15) is 0 Å². The van der Waals surface area contributed by atoms with Crippen molar-refractivity contribution in [3.8, 4) is 0 Å². The minimum absolute atomic E-state index is 0.315. The van der Waals surface area contributed by atoms with Crippen molar-refractivity contribution in [3.63, 3.8) is 0 Å². The summed E-state index contributed by atoms with van der Waals surface area (Å²) in [5, 5.41) is 3.20. The zero-order valence-electron chi connectivity index (χ0n) is 14.2. The Bertz CT molecular complexity index is 877. The van der Waals surface area contributed by atoms with Crippen LogP contribution in [0.4, 0.5) is 4.39 Å². The van der Waals surface area contributed by atoms with Crippen molar-refractivity contribution in [1.82, 2.24) is 14.9 Å². The van der Waals surface area contributed by atoms with E-state index < -0.39 is 6.04 Å². The number of ether oxygens (including phenoxy) is 1. The highest BCUT2D eigenvalue weighted by atomic mass is 19.1. The Labute approximate surface area is 145 Å². The van der Waals surface area contributed by atoms with E-state index in [4.69, 9.17) is 4.74 Å². The molecule has 3 rings (SSSR count). The summed E-state index contributed by atoms with van der Waals surface area (Å²) in [4.78, 5) is 16.6. The number of nitrogens with one attached hydrogen (secondary N) is 1. The van der Waals surface area contributed by atoms with Crippen LogP contribution in [0.5, 0.6) is 0 Å². The van der Waals surface area contributed by atoms with E-state index in [1.54, 1.807) is 6.07 Å². The van der Waals surface area contributed by atoms with E-state index in [1.807, 2.05) is 41.8 Å². The fourth-order valence-electron chi connectivity index (χ4n) is 2.93. The Kier molecular flexibility index (Phi) is 5.09. The third-order valence-electron chi connectivity index (χ3n) is 4.14. The maximum Gasteiger partial charge on any atom is 0.327 e. The molecule has 0 radical (unpaired) electrons. The van der Waals surface area contributed by atoms with Gasteiger partial charge in [0.25, 0.3) is 0 Å². The SMILES string of the molecule is CCn1c(CN[C@@H](C(=O)OC)c2ccccc2)nc2cc(F)ccc21. The summed E-state index contributed by atoms with van der Waals surface area (Å²) >= 11 is 0. The van der Waals surface area contributed by atoms with Crippen LogP contribution in [-0.4, -0.2) is 22.6 Å². The quantitative estimate of drug-likeness (QED) is 0.700. The monoisotopic (exact) mass is 341 g/mol. The zero-order chi connectivity index (χ0) is 17.8. The van der Waals surface area contributed by atoms with E-state index in [9.17, 15) is 9.18 Å². The Balaban J connectivity index is 1.88. The van der Waals surface area contributed by atoms with Gasteiger partial charge in [-0.3, -0.25) is 5.32 Å².